The van der Waals surface area contributed by atoms with Gasteiger partial charge in [0.1, 0.15) is 6.10 Å². The van der Waals surface area contributed by atoms with Crippen LogP contribution in [0.4, 0.5) is 5.69 Å². The molecule has 0 saturated carbocycles. The molecule has 2 aromatic rings. The Kier molecular flexibility index (Phi) is 6.70. The number of hydrogen-bond acceptors (Lipinski definition) is 2. The van der Waals surface area contributed by atoms with Gasteiger partial charge in [-0.2, -0.15) is 0 Å². The van der Waals surface area contributed by atoms with E-state index in [9.17, 15) is 0 Å². The van der Waals surface area contributed by atoms with E-state index >= 15 is 0 Å². The van der Waals surface area contributed by atoms with E-state index in [2.05, 4.69) is 66.8 Å². The average molecular weight is 335 g/mol. The quantitative estimate of drug-likeness (QED) is 0.520. The molecule has 2 heteroatoms. The highest BCUT2D eigenvalue weighted by molar-refractivity contribution is 5.59. The molecule has 1 aliphatic heterocycles. The molecule has 1 N–H and O–H groups in total. The highest BCUT2D eigenvalue weighted by Gasteiger charge is 2.20. The number of nitrogens with one attached hydrogen (secondary N) is 1. The summed E-state index contributed by atoms with van der Waals surface area (Å²) in [4.78, 5) is 0. The van der Waals surface area contributed by atoms with Gasteiger partial charge in [0.05, 0.1) is 6.61 Å². The maximum atomic E-state index is 6.25. The maximum absolute atomic E-state index is 6.25. The first-order valence-electron chi connectivity index (χ1n) is 9.59. The van der Waals surface area contributed by atoms with Crippen molar-refractivity contribution in [2.45, 2.75) is 58.2 Å². The summed E-state index contributed by atoms with van der Waals surface area (Å²) in [6, 6.07) is 18.9. The molecule has 1 unspecified atom stereocenters. The van der Waals surface area contributed by atoms with Gasteiger partial charge in [0.25, 0.3) is 0 Å². The molecule has 2 nitrogen and oxygen atoms in total. The van der Waals surface area contributed by atoms with Crippen LogP contribution in [-0.4, -0.2) is 0 Å². The zero-order chi connectivity index (χ0) is 17.3. The molecule has 1 aliphatic rings. The van der Waals surface area contributed by atoms with Crippen LogP contribution in [0.1, 0.15) is 62.7 Å². The topological polar surface area (TPSA) is 21.3 Å². The number of benzene rings is 2. The Labute approximate surface area is 151 Å². The molecule has 132 valence electrons. The van der Waals surface area contributed by atoms with Crippen LogP contribution in [-0.2, 0) is 11.3 Å². The van der Waals surface area contributed by atoms with E-state index in [4.69, 9.17) is 4.74 Å². The molecule has 0 radical (unpaired) electrons. The molecule has 0 aliphatic carbocycles. The van der Waals surface area contributed by atoms with E-state index < -0.39 is 0 Å². The Morgan fingerprint density at radius 3 is 2.48 bits per heavy atom. The van der Waals surface area contributed by atoms with Crippen molar-refractivity contribution in [2.75, 3.05) is 5.32 Å². The minimum atomic E-state index is 0.0308. The standard InChI is InChI=1S/C23H29NO/c1-2-3-4-5-9-14-20-17-23(21-15-10-11-16-22(21)24-20)25-18-19-12-7-6-8-13-19/h6-8,10-13,15-17,23-24H,2-5,9,14,18H2,1H3. The summed E-state index contributed by atoms with van der Waals surface area (Å²) in [5.74, 6) is 0. The molecule has 0 fully saturated rings. The number of unbranched alkanes of at least 4 members (excludes halogenated alkanes) is 4. The number of rotatable bonds is 9. The average Bonchev–Trinajstić information content (AvgIpc) is 2.67. The van der Waals surface area contributed by atoms with Crippen LogP contribution in [0.3, 0.4) is 0 Å². The lowest BCUT2D eigenvalue weighted by Gasteiger charge is -2.26. The van der Waals surface area contributed by atoms with E-state index in [0.717, 1.165) is 6.42 Å². The largest absolute Gasteiger partial charge is 0.365 e. The number of para-hydroxylation sites is 1. The normalized spacial score (nSPS) is 16.0. The van der Waals surface area contributed by atoms with Crippen molar-refractivity contribution in [3.63, 3.8) is 0 Å². The van der Waals surface area contributed by atoms with Crippen molar-refractivity contribution in [2.24, 2.45) is 0 Å². The van der Waals surface area contributed by atoms with Gasteiger partial charge < -0.3 is 10.1 Å². The van der Waals surface area contributed by atoms with Gasteiger partial charge in [-0.1, -0.05) is 81.1 Å². The summed E-state index contributed by atoms with van der Waals surface area (Å²) >= 11 is 0. The van der Waals surface area contributed by atoms with Crippen molar-refractivity contribution in [3.05, 3.63) is 77.5 Å². The Morgan fingerprint density at radius 1 is 0.880 bits per heavy atom. The Bertz CT molecular complexity index is 678. The molecular formula is C23H29NO. The van der Waals surface area contributed by atoms with E-state index in [0.29, 0.717) is 6.61 Å². The molecule has 3 rings (SSSR count). The predicted molar refractivity (Wildman–Crippen MR) is 105 cm³/mol. The van der Waals surface area contributed by atoms with Gasteiger partial charge in [0.15, 0.2) is 0 Å². The number of anilines is 1. The van der Waals surface area contributed by atoms with Crippen LogP contribution in [0.5, 0.6) is 0 Å². The van der Waals surface area contributed by atoms with Crippen molar-refractivity contribution in [1.82, 2.24) is 0 Å². The van der Waals surface area contributed by atoms with Gasteiger partial charge in [-0.05, 0) is 30.5 Å². The summed E-state index contributed by atoms with van der Waals surface area (Å²) in [5.41, 5.74) is 4.93. The third kappa shape index (κ3) is 5.20. The minimum Gasteiger partial charge on any atom is -0.365 e. The molecule has 0 spiro atoms. The minimum absolute atomic E-state index is 0.0308. The molecule has 0 bridgehead atoms. The first kappa shape index (κ1) is 17.8. The highest BCUT2D eigenvalue weighted by atomic mass is 16.5. The summed E-state index contributed by atoms with van der Waals surface area (Å²) in [5, 5.41) is 3.60. The van der Waals surface area contributed by atoms with Crippen LogP contribution >= 0.6 is 0 Å². The number of hydrogen-bond donors (Lipinski definition) is 1. The Balaban J connectivity index is 1.63. The molecule has 0 aromatic heterocycles. The lowest BCUT2D eigenvalue weighted by molar-refractivity contribution is 0.0708. The van der Waals surface area contributed by atoms with Crippen molar-refractivity contribution < 1.29 is 4.74 Å². The lowest BCUT2D eigenvalue weighted by Crippen LogP contribution is -2.14. The molecule has 0 amide bonds. The molecule has 2 aromatic carbocycles. The van der Waals surface area contributed by atoms with Crippen LogP contribution in [0.15, 0.2) is 66.4 Å². The molecule has 25 heavy (non-hydrogen) atoms. The fourth-order valence-corrected chi connectivity index (χ4v) is 3.31. The Hall–Kier alpha value is -2.06. The summed E-state index contributed by atoms with van der Waals surface area (Å²) in [7, 11) is 0. The zero-order valence-electron chi connectivity index (χ0n) is 15.2. The van der Waals surface area contributed by atoms with E-state index in [1.807, 2.05) is 6.07 Å². The summed E-state index contributed by atoms with van der Waals surface area (Å²) in [6.45, 7) is 2.90. The summed E-state index contributed by atoms with van der Waals surface area (Å²) in [6.07, 6.45) is 9.93. The van der Waals surface area contributed by atoms with Crippen LogP contribution < -0.4 is 5.32 Å². The van der Waals surface area contributed by atoms with Crippen LogP contribution in [0.25, 0.3) is 0 Å². The van der Waals surface area contributed by atoms with E-state index in [-0.39, 0.29) is 6.10 Å². The maximum Gasteiger partial charge on any atom is 0.105 e. The van der Waals surface area contributed by atoms with Gasteiger partial charge in [0, 0.05) is 16.9 Å². The Morgan fingerprint density at radius 2 is 1.64 bits per heavy atom. The SMILES string of the molecule is CCCCCCCC1=CC(OCc2ccccc2)c2ccccc2N1. The molecular weight excluding hydrogens is 306 g/mol. The number of ether oxygens (including phenoxy) is 1. The fourth-order valence-electron chi connectivity index (χ4n) is 3.31. The third-order valence-corrected chi connectivity index (χ3v) is 4.74. The van der Waals surface area contributed by atoms with Crippen molar-refractivity contribution >= 4 is 5.69 Å². The van der Waals surface area contributed by atoms with Gasteiger partial charge in [-0.25, -0.2) is 0 Å². The van der Waals surface area contributed by atoms with E-state index in [1.54, 1.807) is 0 Å². The predicted octanol–water partition coefficient (Wildman–Crippen LogP) is 6.61. The van der Waals surface area contributed by atoms with Crippen molar-refractivity contribution in [3.8, 4) is 0 Å². The number of allylic oxidation sites excluding steroid dienone is 1. The lowest BCUT2D eigenvalue weighted by atomic mass is 9.99. The van der Waals surface area contributed by atoms with Crippen molar-refractivity contribution in [1.29, 1.82) is 0 Å². The second kappa shape index (κ2) is 9.43. The summed E-state index contributed by atoms with van der Waals surface area (Å²) < 4.78 is 6.25. The second-order valence-corrected chi connectivity index (χ2v) is 6.79. The fraction of sp³-hybridized carbons (Fsp3) is 0.391. The number of fused-ring (bicyclic) bond motifs is 1. The first-order chi connectivity index (χ1) is 12.4. The first-order valence-corrected chi connectivity index (χ1v) is 9.59. The molecule has 1 heterocycles. The van der Waals surface area contributed by atoms with Crippen LogP contribution in [0, 0.1) is 0 Å². The molecule has 0 saturated heterocycles. The smallest absolute Gasteiger partial charge is 0.105 e. The third-order valence-electron chi connectivity index (χ3n) is 4.74. The zero-order valence-corrected chi connectivity index (χ0v) is 15.2. The van der Waals surface area contributed by atoms with Gasteiger partial charge in [-0.3, -0.25) is 0 Å². The van der Waals surface area contributed by atoms with Gasteiger partial charge >= 0.3 is 0 Å². The van der Waals surface area contributed by atoms with Gasteiger partial charge in [-0.15, -0.1) is 0 Å². The van der Waals surface area contributed by atoms with E-state index in [1.165, 1.54) is 54.6 Å². The monoisotopic (exact) mass is 335 g/mol. The molecule has 1 atom stereocenters. The second-order valence-electron chi connectivity index (χ2n) is 6.79. The van der Waals surface area contributed by atoms with Gasteiger partial charge in [0.2, 0.25) is 0 Å². The highest BCUT2D eigenvalue weighted by Crippen LogP contribution is 2.34. The van der Waals surface area contributed by atoms with Crippen LogP contribution in [0.2, 0.25) is 0 Å².